The van der Waals surface area contributed by atoms with Crippen LogP contribution in [0.3, 0.4) is 0 Å². The molecule has 0 radical (unpaired) electrons. The van der Waals surface area contributed by atoms with Gasteiger partial charge in [0.15, 0.2) is 11.6 Å². The quantitative estimate of drug-likeness (QED) is 0.807. The third-order valence-electron chi connectivity index (χ3n) is 2.04. The highest BCUT2D eigenvalue weighted by Crippen LogP contribution is 2.17. The first-order valence-electron chi connectivity index (χ1n) is 4.88. The fourth-order valence-electron chi connectivity index (χ4n) is 1.19. The summed E-state index contributed by atoms with van der Waals surface area (Å²) in [7, 11) is 1.30. The third-order valence-corrected chi connectivity index (χ3v) is 2.04. The maximum Gasteiger partial charge on any atom is 0.305 e. The Morgan fingerprint density at radius 2 is 2.18 bits per heavy atom. The summed E-state index contributed by atoms with van der Waals surface area (Å²) in [4.78, 5) is 21.8. The summed E-state index contributed by atoms with van der Waals surface area (Å²) in [5.74, 6) is -2.06. The normalized spacial score (nSPS) is 9.76. The lowest BCUT2D eigenvalue weighted by Crippen LogP contribution is -2.26. The number of ether oxygens (including phenoxy) is 1. The van der Waals surface area contributed by atoms with Gasteiger partial charge in [-0.15, -0.1) is 0 Å². The molecule has 17 heavy (non-hydrogen) atoms. The number of rotatable bonds is 5. The Kier molecular flexibility index (Phi) is 4.45. The molecule has 92 valence electrons. The molecule has 1 aromatic carbocycles. The van der Waals surface area contributed by atoms with E-state index in [0.717, 1.165) is 6.07 Å². The Hall–Kier alpha value is -2.11. The summed E-state index contributed by atoms with van der Waals surface area (Å²) in [5.41, 5.74) is 0.216. The fourth-order valence-corrected chi connectivity index (χ4v) is 1.19. The number of hydrogen-bond donors (Lipinski definition) is 2. The molecule has 6 heteroatoms. The number of carboxylic acids is 1. The first-order chi connectivity index (χ1) is 8.04. The molecule has 1 aromatic rings. The van der Waals surface area contributed by atoms with E-state index in [2.05, 4.69) is 5.32 Å². The number of nitrogens with one attached hydrogen (secondary N) is 1. The number of carbonyl (C=O) groups excluding carboxylic acids is 1. The molecule has 0 saturated heterocycles. The van der Waals surface area contributed by atoms with Crippen molar-refractivity contribution in [3.63, 3.8) is 0 Å². The molecule has 0 aromatic heterocycles. The van der Waals surface area contributed by atoms with E-state index in [4.69, 9.17) is 9.84 Å². The van der Waals surface area contributed by atoms with Gasteiger partial charge >= 0.3 is 5.97 Å². The van der Waals surface area contributed by atoms with Gasteiger partial charge in [-0.2, -0.15) is 0 Å². The third kappa shape index (κ3) is 3.75. The molecule has 0 saturated carbocycles. The van der Waals surface area contributed by atoms with Crippen LogP contribution in [0.2, 0.25) is 0 Å². The Bertz CT molecular complexity index is 433. The lowest BCUT2D eigenvalue weighted by atomic mass is 10.2. The van der Waals surface area contributed by atoms with Crippen LogP contribution in [-0.2, 0) is 4.79 Å². The number of methoxy groups -OCH3 is 1. The molecular formula is C11H12FNO4. The molecule has 0 atom stereocenters. The van der Waals surface area contributed by atoms with Crippen molar-refractivity contribution in [2.45, 2.75) is 6.42 Å². The zero-order valence-corrected chi connectivity index (χ0v) is 9.20. The number of aliphatic carboxylic acids is 1. The molecule has 5 nitrogen and oxygen atoms in total. The van der Waals surface area contributed by atoms with Gasteiger partial charge in [0.25, 0.3) is 5.91 Å². The second-order valence-electron chi connectivity index (χ2n) is 3.25. The van der Waals surface area contributed by atoms with E-state index in [0.29, 0.717) is 0 Å². The van der Waals surface area contributed by atoms with Crippen LogP contribution in [0.1, 0.15) is 16.8 Å². The number of benzene rings is 1. The van der Waals surface area contributed by atoms with Gasteiger partial charge in [-0.05, 0) is 18.2 Å². The van der Waals surface area contributed by atoms with Crippen molar-refractivity contribution in [3.05, 3.63) is 29.6 Å². The van der Waals surface area contributed by atoms with Crippen LogP contribution in [0, 0.1) is 5.82 Å². The van der Waals surface area contributed by atoms with Gasteiger partial charge in [-0.1, -0.05) is 0 Å². The number of carbonyl (C=O) groups is 2. The molecule has 0 bridgehead atoms. The fraction of sp³-hybridized carbons (Fsp3) is 0.273. The van der Waals surface area contributed by atoms with Crippen molar-refractivity contribution < 1.29 is 23.8 Å². The number of halogens is 1. The van der Waals surface area contributed by atoms with E-state index in [1.165, 1.54) is 19.2 Å². The van der Waals surface area contributed by atoms with Gasteiger partial charge in [0.05, 0.1) is 13.5 Å². The van der Waals surface area contributed by atoms with Crippen LogP contribution in [0.25, 0.3) is 0 Å². The van der Waals surface area contributed by atoms with Crippen molar-refractivity contribution in [2.24, 2.45) is 0 Å². The monoisotopic (exact) mass is 241 g/mol. The van der Waals surface area contributed by atoms with Gasteiger partial charge in [0, 0.05) is 12.1 Å². The van der Waals surface area contributed by atoms with E-state index in [1.54, 1.807) is 0 Å². The molecule has 0 spiro atoms. The summed E-state index contributed by atoms with van der Waals surface area (Å²) >= 11 is 0. The number of carboxylic acid groups (broad SMARTS) is 1. The maximum atomic E-state index is 13.1. The van der Waals surface area contributed by atoms with Crippen molar-refractivity contribution in [1.82, 2.24) is 5.32 Å². The number of amides is 1. The molecule has 0 heterocycles. The minimum atomic E-state index is -0.998. The largest absolute Gasteiger partial charge is 0.494 e. The zero-order valence-electron chi connectivity index (χ0n) is 9.20. The van der Waals surface area contributed by atoms with Gasteiger partial charge in [-0.3, -0.25) is 9.59 Å². The molecule has 0 aliphatic heterocycles. The second kappa shape index (κ2) is 5.83. The Morgan fingerprint density at radius 1 is 1.47 bits per heavy atom. The van der Waals surface area contributed by atoms with Crippen LogP contribution in [0.5, 0.6) is 5.75 Å². The summed E-state index contributed by atoms with van der Waals surface area (Å²) in [6, 6.07) is 3.67. The Balaban J connectivity index is 2.66. The van der Waals surface area contributed by atoms with E-state index in [-0.39, 0.29) is 24.3 Å². The van der Waals surface area contributed by atoms with Gasteiger partial charge in [-0.25, -0.2) is 4.39 Å². The highest BCUT2D eigenvalue weighted by Gasteiger charge is 2.10. The highest BCUT2D eigenvalue weighted by atomic mass is 19.1. The second-order valence-corrected chi connectivity index (χ2v) is 3.25. The molecule has 0 unspecified atom stereocenters. The molecule has 2 N–H and O–H groups in total. The summed E-state index contributed by atoms with van der Waals surface area (Å²) in [6.45, 7) is 0.0217. The van der Waals surface area contributed by atoms with Crippen LogP contribution in [0.4, 0.5) is 4.39 Å². The topological polar surface area (TPSA) is 75.6 Å². The minimum absolute atomic E-state index is 0.0217. The highest BCUT2D eigenvalue weighted by molar-refractivity contribution is 5.94. The Morgan fingerprint density at radius 3 is 2.76 bits per heavy atom. The zero-order chi connectivity index (χ0) is 12.8. The van der Waals surface area contributed by atoms with Crippen molar-refractivity contribution in [3.8, 4) is 5.75 Å². The van der Waals surface area contributed by atoms with E-state index < -0.39 is 17.7 Å². The van der Waals surface area contributed by atoms with Gasteiger partial charge in [0.2, 0.25) is 0 Å². The predicted molar refractivity (Wildman–Crippen MR) is 57.5 cm³/mol. The maximum absolute atomic E-state index is 13.1. The lowest BCUT2D eigenvalue weighted by Gasteiger charge is -2.06. The lowest BCUT2D eigenvalue weighted by molar-refractivity contribution is -0.136. The molecular weight excluding hydrogens is 229 g/mol. The van der Waals surface area contributed by atoms with E-state index >= 15 is 0 Å². The van der Waals surface area contributed by atoms with E-state index in [9.17, 15) is 14.0 Å². The number of hydrogen-bond acceptors (Lipinski definition) is 3. The van der Waals surface area contributed by atoms with Crippen molar-refractivity contribution >= 4 is 11.9 Å². The minimum Gasteiger partial charge on any atom is -0.494 e. The molecule has 0 fully saturated rings. The van der Waals surface area contributed by atoms with Crippen molar-refractivity contribution in [2.75, 3.05) is 13.7 Å². The van der Waals surface area contributed by atoms with Crippen LogP contribution in [0.15, 0.2) is 18.2 Å². The molecule has 0 aliphatic carbocycles. The smallest absolute Gasteiger partial charge is 0.305 e. The average molecular weight is 241 g/mol. The van der Waals surface area contributed by atoms with Crippen LogP contribution in [-0.4, -0.2) is 30.6 Å². The first-order valence-corrected chi connectivity index (χ1v) is 4.88. The summed E-state index contributed by atoms with van der Waals surface area (Å²) in [6.07, 6.45) is -0.163. The molecule has 0 aliphatic rings. The summed E-state index contributed by atoms with van der Waals surface area (Å²) in [5, 5.41) is 10.8. The van der Waals surface area contributed by atoms with Gasteiger partial charge in [0.1, 0.15) is 0 Å². The van der Waals surface area contributed by atoms with Gasteiger partial charge < -0.3 is 15.2 Å². The first kappa shape index (κ1) is 13.0. The SMILES string of the molecule is COc1cc(C(=O)NCCC(=O)O)ccc1F. The summed E-state index contributed by atoms with van der Waals surface area (Å²) < 4.78 is 17.8. The van der Waals surface area contributed by atoms with Crippen LogP contribution < -0.4 is 10.1 Å². The standard InChI is InChI=1S/C11H12FNO4/c1-17-9-6-7(2-3-8(9)12)11(16)13-5-4-10(14)15/h2-3,6H,4-5H2,1H3,(H,13,16)(H,14,15). The Labute approximate surface area is 97.2 Å². The van der Waals surface area contributed by atoms with Crippen LogP contribution >= 0.6 is 0 Å². The van der Waals surface area contributed by atoms with E-state index in [1.807, 2.05) is 0 Å². The predicted octanol–water partition coefficient (Wildman–Crippen LogP) is 1.04. The average Bonchev–Trinajstić information content (AvgIpc) is 2.29. The van der Waals surface area contributed by atoms with Crippen molar-refractivity contribution in [1.29, 1.82) is 0 Å². The molecule has 1 rings (SSSR count). The molecule has 1 amide bonds.